The van der Waals surface area contributed by atoms with E-state index in [2.05, 4.69) is 36.4 Å². The summed E-state index contributed by atoms with van der Waals surface area (Å²) in [5.41, 5.74) is -0.0682. The van der Waals surface area contributed by atoms with Crippen LogP contribution in [0.5, 0.6) is 0 Å². The highest BCUT2D eigenvalue weighted by Gasteiger charge is 2.29. The number of hydrogen-bond donors (Lipinski definition) is 2. The molecule has 0 amide bonds. The normalized spacial score (nSPS) is 25.6. The molecule has 1 heterocycles. The Morgan fingerprint density at radius 1 is 1.21 bits per heavy atom. The van der Waals surface area contributed by atoms with Gasteiger partial charge in [-0.15, -0.1) is 24.0 Å². The van der Waals surface area contributed by atoms with E-state index in [4.69, 9.17) is 9.73 Å². The van der Waals surface area contributed by atoms with Gasteiger partial charge in [0.2, 0.25) is 0 Å². The second kappa shape index (κ2) is 11.5. The number of guanidine groups is 1. The predicted molar refractivity (Wildman–Crippen MR) is 112 cm³/mol. The van der Waals surface area contributed by atoms with Gasteiger partial charge in [0, 0.05) is 32.3 Å². The van der Waals surface area contributed by atoms with Crippen molar-refractivity contribution in [1.82, 2.24) is 15.5 Å². The molecule has 0 bridgehead atoms. The molecule has 2 rings (SSSR count). The highest BCUT2D eigenvalue weighted by atomic mass is 127. The highest BCUT2D eigenvalue weighted by molar-refractivity contribution is 14.0. The summed E-state index contributed by atoms with van der Waals surface area (Å²) in [6.45, 7) is 8.80. The lowest BCUT2D eigenvalue weighted by Crippen LogP contribution is -2.44. The monoisotopic (exact) mass is 452 g/mol. The Labute approximate surface area is 165 Å². The summed E-state index contributed by atoms with van der Waals surface area (Å²) >= 11 is 0. The summed E-state index contributed by atoms with van der Waals surface area (Å²) in [6.07, 6.45) is 9.19. The van der Waals surface area contributed by atoms with Crippen LogP contribution >= 0.6 is 24.0 Å². The fourth-order valence-electron chi connectivity index (χ4n) is 3.60. The van der Waals surface area contributed by atoms with Crippen LogP contribution in [-0.2, 0) is 4.74 Å². The molecule has 1 atom stereocenters. The summed E-state index contributed by atoms with van der Waals surface area (Å²) in [7, 11) is 2.26. The molecular weight excluding hydrogens is 415 g/mol. The largest absolute Gasteiger partial charge is 0.373 e. The molecule has 24 heavy (non-hydrogen) atoms. The molecule has 0 radical (unpaired) electrons. The van der Waals surface area contributed by atoms with Crippen molar-refractivity contribution in [3.8, 4) is 0 Å². The first kappa shape index (κ1) is 22.0. The second-order valence-corrected chi connectivity index (χ2v) is 7.30. The Kier molecular flexibility index (Phi) is 10.5. The quantitative estimate of drug-likeness (QED) is 0.354. The molecule has 0 aromatic carbocycles. The minimum absolute atomic E-state index is 0. The maximum absolute atomic E-state index is 5.82. The van der Waals surface area contributed by atoms with Gasteiger partial charge in [-0.2, -0.15) is 0 Å². The Hall–Kier alpha value is -0.0800. The minimum atomic E-state index is -0.0682. The Balaban J connectivity index is 0.00000288. The lowest BCUT2D eigenvalue weighted by Gasteiger charge is -2.31. The average Bonchev–Trinajstić information content (AvgIpc) is 3.00. The summed E-state index contributed by atoms with van der Waals surface area (Å²) < 4.78 is 5.82. The first-order valence-electron chi connectivity index (χ1n) is 9.49. The Morgan fingerprint density at radius 2 is 1.96 bits per heavy atom. The number of ether oxygens (including phenoxy) is 1. The topological polar surface area (TPSA) is 48.9 Å². The molecule has 0 aromatic heterocycles. The maximum Gasteiger partial charge on any atom is 0.191 e. The van der Waals surface area contributed by atoms with Crippen LogP contribution < -0.4 is 10.6 Å². The zero-order valence-corrected chi connectivity index (χ0v) is 18.1. The van der Waals surface area contributed by atoms with E-state index in [9.17, 15) is 0 Å². The van der Waals surface area contributed by atoms with Crippen LogP contribution in [0.15, 0.2) is 4.99 Å². The van der Waals surface area contributed by atoms with E-state index in [0.29, 0.717) is 0 Å². The van der Waals surface area contributed by atoms with Gasteiger partial charge in [0.25, 0.3) is 0 Å². The second-order valence-electron chi connectivity index (χ2n) is 7.30. The molecule has 0 spiro atoms. The zero-order chi connectivity index (χ0) is 16.5. The SMILES string of the molecule is CCNC(=NCC1(C)CCCO1)NCCN(C)C1CCCCC1.I. The van der Waals surface area contributed by atoms with Gasteiger partial charge in [-0.05, 0) is 46.6 Å². The fourth-order valence-corrected chi connectivity index (χ4v) is 3.60. The first-order valence-corrected chi connectivity index (χ1v) is 9.49. The Morgan fingerprint density at radius 3 is 2.58 bits per heavy atom. The summed E-state index contributed by atoms with van der Waals surface area (Å²) in [5, 5.41) is 6.82. The lowest BCUT2D eigenvalue weighted by atomic mass is 9.94. The van der Waals surface area contributed by atoms with Crippen LogP contribution in [0.2, 0.25) is 0 Å². The number of hydrogen-bond acceptors (Lipinski definition) is 3. The van der Waals surface area contributed by atoms with Crippen molar-refractivity contribution < 1.29 is 4.74 Å². The van der Waals surface area contributed by atoms with Crippen LogP contribution in [0.25, 0.3) is 0 Å². The van der Waals surface area contributed by atoms with Crippen LogP contribution in [0.4, 0.5) is 0 Å². The molecule has 1 saturated heterocycles. The molecule has 2 N–H and O–H groups in total. The van der Waals surface area contributed by atoms with Gasteiger partial charge >= 0.3 is 0 Å². The third-order valence-corrected chi connectivity index (χ3v) is 5.17. The van der Waals surface area contributed by atoms with Crippen molar-refractivity contribution in [2.45, 2.75) is 70.4 Å². The van der Waals surface area contributed by atoms with Crippen LogP contribution in [-0.4, -0.2) is 62.3 Å². The standard InChI is InChI=1S/C18H36N4O.HI/c1-4-19-17(21-15-18(2)11-8-14-23-18)20-12-13-22(3)16-9-6-5-7-10-16;/h16H,4-15H2,1-3H3,(H2,19,20,21);1H. The van der Waals surface area contributed by atoms with Crippen molar-refractivity contribution in [1.29, 1.82) is 0 Å². The fraction of sp³-hybridized carbons (Fsp3) is 0.944. The van der Waals surface area contributed by atoms with E-state index >= 15 is 0 Å². The number of halogens is 1. The third kappa shape index (κ3) is 7.44. The van der Waals surface area contributed by atoms with Gasteiger partial charge in [-0.3, -0.25) is 4.99 Å². The molecular formula is C18H37IN4O. The summed E-state index contributed by atoms with van der Waals surface area (Å²) in [6, 6.07) is 0.774. The zero-order valence-electron chi connectivity index (χ0n) is 15.8. The number of nitrogens with zero attached hydrogens (tertiary/aromatic N) is 2. The molecule has 0 aromatic rings. The van der Waals surface area contributed by atoms with Gasteiger partial charge < -0.3 is 20.3 Å². The van der Waals surface area contributed by atoms with E-state index in [1.807, 2.05) is 0 Å². The lowest BCUT2D eigenvalue weighted by molar-refractivity contribution is 0.0283. The van der Waals surface area contributed by atoms with Gasteiger partial charge in [0.1, 0.15) is 0 Å². The van der Waals surface area contributed by atoms with Gasteiger partial charge in [0.15, 0.2) is 5.96 Å². The highest BCUT2D eigenvalue weighted by Crippen LogP contribution is 2.25. The third-order valence-electron chi connectivity index (χ3n) is 5.17. The predicted octanol–water partition coefficient (Wildman–Crippen LogP) is 2.99. The molecule has 1 aliphatic heterocycles. The van der Waals surface area contributed by atoms with Crippen LogP contribution in [0.1, 0.15) is 58.8 Å². The summed E-state index contributed by atoms with van der Waals surface area (Å²) in [5.74, 6) is 0.918. The smallest absolute Gasteiger partial charge is 0.191 e. The Bertz CT molecular complexity index is 366. The van der Waals surface area contributed by atoms with E-state index in [1.54, 1.807) is 0 Å². The van der Waals surface area contributed by atoms with Crippen LogP contribution in [0.3, 0.4) is 0 Å². The number of likely N-dealkylation sites (N-methyl/N-ethyl adjacent to an activating group) is 1. The van der Waals surface area contributed by atoms with Gasteiger partial charge in [0.05, 0.1) is 12.1 Å². The van der Waals surface area contributed by atoms with Crippen molar-refractivity contribution in [3.63, 3.8) is 0 Å². The molecule has 5 nitrogen and oxygen atoms in total. The average molecular weight is 452 g/mol. The van der Waals surface area contributed by atoms with E-state index < -0.39 is 0 Å². The van der Waals surface area contributed by atoms with Crippen LogP contribution in [0, 0.1) is 0 Å². The van der Waals surface area contributed by atoms with E-state index in [-0.39, 0.29) is 29.6 Å². The number of aliphatic imine (C=N–C) groups is 1. The molecule has 1 unspecified atom stereocenters. The van der Waals surface area contributed by atoms with Crippen molar-refractivity contribution in [3.05, 3.63) is 0 Å². The number of nitrogens with one attached hydrogen (secondary N) is 2. The molecule has 142 valence electrons. The molecule has 2 aliphatic rings. The van der Waals surface area contributed by atoms with Crippen molar-refractivity contribution in [2.75, 3.05) is 39.8 Å². The summed E-state index contributed by atoms with van der Waals surface area (Å²) in [4.78, 5) is 7.24. The maximum atomic E-state index is 5.82. The van der Waals surface area contributed by atoms with Gasteiger partial charge in [-0.25, -0.2) is 0 Å². The van der Waals surface area contributed by atoms with E-state index in [1.165, 1.54) is 32.1 Å². The molecule has 2 fully saturated rings. The first-order chi connectivity index (χ1) is 11.1. The van der Waals surface area contributed by atoms with E-state index in [0.717, 1.165) is 57.6 Å². The van der Waals surface area contributed by atoms with Crippen molar-refractivity contribution in [2.24, 2.45) is 4.99 Å². The molecule has 1 aliphatic carbocycles. The minimum Gasteiger partial charge on any atom is -0.373 e. The van der Waals surface area contributed by atoms with Gasteiger partial charge in [-0.1, -0.05) is 19.3 Å². The molecule has 1 saturated carbocycles. The van der Waals surface area contributed by atoms with Crippen molar-refractivity contribution >= 4 is 29.9 Å². The number of rotatable bonds is 7. The molecule has 6 heteroatoms.